The van der Waals surface area contributed by atoms with Crippen molar-refractivity contribution < 1.29 is 9.47 Å². The lowest BCUT2D eigenvalue weighted by atomic mass is 9.98. The normalized spacial score (nSPS) is 10.2. The molecule has 130 valence electrons. The van der Waals surface area contributed by atoms with Crippen molar-refractivity contribution in [1.82, 2.24) is 9.97 Å². The number of rotatable bonds is 4. The molecular formula is C19H15ClN4O2. The van der Waals surface area contributed by atoms with Gasteiger partial charge in [0, 0.05) is 23.4 Å². The Morgan fingerprint density at radius 1 is 1.04 bits per heavy atom. The zero-order valence-corrected chi connectivity index (χ0v) is 14.9. The molecule has 0 spiro atoms. The molecule has 0 bridgehead atoms. The summed E-state index contributed by atoms with van der Waals surface area (Å²) >= 11 is 6.28. The molecule has 0 saturated heterocycles. The van der Waals surface area contributed by atoms with Crippen LogP contribution in [0.15, 0.2) is 42.6 Å². The minimum atomic E-state index is 0.111. The van der Waals surface area contributed by atoms with Crippen LogP contribution in [0.3, 0.4) is 0 Å². The standard InChI is InChI=1S/C19H15ClN4O2/c1-25-17-9-18(26-2)14(20)7-12(17)11-8-16(15-5-3-4-6-23-15)24-19(22)13(11)10-21/h3-9H,1-2H3,(H2,22,24). The number of methoxy groups -OCH3 is 2. The van der Waals surface area contributed by atoms with E-state index in [1.807, 2.05) is 18.2 Å². The van der Waals surface area contributed by atoms with E-state index in [-0.39, 0.29) is 11.4 Å². The van der Waals surface area contributed by atoms with Crippen LogP contribution in [0.1, 0.15) is 5.56 Å². The Balaban J connectivity index is 2.29. The fourth-order valence-corrected chi connectivity index (χ4v) is 2.85. The van der Waals surface area contributed by atoms with Gasteiger partial charge in [-0.15, -0.1) is 0 Å². The van der Waals surface area contributed by atoms with Gasteiger partial charge < -0.3 is 15.2 Å². The summed E-state index contributed by atoms with van der Waals surface area (Å²) in [4.78, 5) is 8.60. The Labute approximate surface area is 155 Å². The molecule has 0 saturated carbocycles. The lowest BCUT2D eigenvalue weighted by Gasteiger charge is -2.15. The van der Waals surface area contributed by atoms with E-state index in [1.165, 1.54) is 14.2 Å². The third-order valence-electron chi connectivity index (χ3n) is 3.85. The third kappa shape index (κ3) is 3.13. The molecule has 0 amide bonds. The second-order valence-electron chi connectivity index (χ2n) is 5.33. The van der Waals surface area contributed by atoms with Gasteiger partial charge in [0.25, 0.3) is 0 Å². The van der Waals surface area contributed by atoms with Crippen molar-refractivity contribution in [3.8, 4) is 40.1 Å². The van der Waals surface area contributed by atoms with E-state index in [4.69, 9.17) is 26.8 Å². The first-order valence-electron chi connectivity index (χ1n) is 7.63. The minimum Gasteiger partial charge on any atom is -0.496 e. The van der Waals surface area contributed by atoms with Crippen molar-refractivity contribution in [2.24, 2.45) is 0 Å². The van der Waals surface area contributed by atoms with Crippen molar-refractivity contribution in [2.75, 3.05) is 20.0 Å². The topological polar surface area (TPSA) is 94.1 Å². The molecule has 3 rings (SSSR count). The molecular weight excluding hydrogens is 352 g/mol. The number of anilines is 1. The molecule has 0 aliphatic heterocycles. The Bertz CT molecular complexity index is 1000. The number of pyridine rings is 2. The van der Waals surface area contributed by atoms with Gasteiger partial charge in [0.1, 0.15) is 28.9 Å². The Morgan fingerprint density at radius 3 is 2.42 bits per heavy atom. The molecule has 0 radical (unpaired) electrons. The van der Waals surface area contributed by atoms with Crippen LogP contribution >= 0.6 is 11.6 Å². The predicted octanol–water partition coefficient (Wildman–Crippen LogP) is 3.94. The van der Waals surface area contributed by atoms with Crippen LogP contribution in [0, 0.1) is 11.3 Å². The highest BCUT2D eigenvalue weighted by Crippen LogP contribution is 2.41. The van der Waals surface area contributed by atoms with E-state index in [9.17, 15) is 5.26 Å². The SMILES string of the molecule is COc1cc(OC)c(-c2cc(-c3ccccn3)nc(N)c2C#N)cc1Cl. The molecule has 7 heteroatoms. The second-order valence-corrected chi connectivity index (χ2v) is 5.74. The van der Waals surface area contributed by atoms with E-state index < -0.39 is 0 Å². The highest BCUT2D eigenvalue weighted by Gasteiger charge is 2.19. The van der Waals surface area contributed by atoms with E-state index in [0.29, 0.717) is 39.0 Å². The molecule has 0 unspecified atom stereocenters. The molecule has 1 aromatic carbocycles. The lowest BCUT2D eigenvalue weighted by molar-refractivity contribution is 0.395. The zero-order chi connectivity index (χ0) is 18.7. The molecule has 2 N–H and O–H groups in total. The molecule has 26 heavy (non-hydrogen) atoms. The van der Waals surface area contributed by atoms with E-state index in [2.05, 4.69) is 16.0 Å². The van der Waals surface area contributed by atoms with Crippen molar-refractivity contribution in [3.63, 3.8) is 0 Å². The predicted molar refractivity (Wildman–Crippen MR) is 100 cm³/mol. The summed E-state index contributed by atoms with van der Waals surface area (Å²) < 4.78 is 10.7. The molecule has 3 aromatic rings. The number of nitrogens with two attached hydrogens (primary N) is 1. The lowest BCUT2D eigenvalue weighted by Crippen LogP contribution is -2.01. The van der Waals surface area contributed by atoms with Gasteiger partial charge in [0.05, 0.1) is 30.6 Å². The first kappa shape index (κ1) is 17.5. The maximum absolute atomic E-state index is 9.57. The second kappa shape index (κ2) is 7.30. The van der Waals surface area contributed by atoms with Gasteiger partial charge in [-0.1, -0.05) is 17.7 Å². The van der Waals surface area contributed by atoms with Crippen molar-refractivity contribution in [2.45, 2.75) is 0 Å². The van der Waals surface area contributed by atoms with Crippen LogP contribution in [-0.2, 0) is 0 Å². The van der Waals surface area contributed by atoms with Crippen LogP contribution in [0.4, 0.5) is 5.82 Å². The highest BCUT2D eigenvalue weighted by molar-refractivity contribution is 6.32. The van der Waals surface area contributed by atoms with Crippen LogP contribution < -0.4 is 15.2 Å². The average molecular weight is 367 g/mol. The van der Waals surface area contributed by atoms with Gasteiger partial charge in [-0.25, -0.2) is 4.98 Å². The Morgan fingerprint density at radius 2 is 1.81 bits per heavy atom. The molecule has 2 aromatic heterocycles. The van der Waals surface area contributed by atoms with Gasteiger partial charge in [0.15, 0.2) is 0 Å². The van der Waals surface area contributed by atoms with E-state index in [1.54, 1.807) is 24.4 Å². The monoisotopic (exact) mass is 366 g/mol. The molecule has 0 aliphatic rings. The third-order valence-corrected chi connectivity index (χ3v) is 4.15. The summed E-state index contributed by atoms with van der Waals surface area (Å²) in [7, 11) is 3.05. The smallest absolute Gasteiger partial charge is 0.142 e. The first-order valence-corrected chi connectivity index (χ1v) is 8.00. The molecule has 0 fully saturated rings. The highest BCUT2D eigenvalue weighted by atomic mass is 35.5. The van der Waals surface area contributed by atoms with E-state index in [0.717, 1.165) is 0 Å². The number of nitrogen functional groups attached to an aromatic ring is 1. The van der Waals surface area contributed by atoms with Crippen molar-refractivity contribution >= 4 is 17.4 Å². The average Bonchev–Trinajstić information content (AvgIpc) is 2.67. The summed E-state index contributed by atoms with van der Waals surface area (Å²) in [6.45, 7) is 0. The molecule has 0 aliphatic carbocycles. The molecule has 2 heterocycles. The number of nitrogens with zero attached hydrogens (tertiary/aromatic N) is 3. The van der Waals surface area contributed by atoms with Crippen LogP contribution in [0.2, 0.25) is 5.02 Å². The van der Waals surface area contributed by atoms with Gasteiger partial charge in [-0.2, -0.15) is 5.26 Å². The Kier molecular flexibility index (Phi) is 4.92. The number of hydrogen-bond donors (Lipinski definition) is 1. The maximum Gasteiger partial charge on any atom is 0.142 e. The first-order chi connectivity index (χ1) is 12.6. The number of aromatic nitrogens is 2. The zero-order valence-electron chi connectivity index (χ0n) is 14.2. The fourth-order valence-electron chi connectivity index (χ4n) is 2.61. The number of ether oxygens (including phenoxy) is 2. The van der Waals surface area contributed by atoms with E-state index >= 15 is 0 Å². The summed E-state index contributed by atoms with van der Waals surface area (Å²) in [6.07, 6.45) is 1.66. The Hall–Kier alpha value is -3.30. The van der Waals surface area contributed by atoms with Gasteiger partial charge in [0.2, 0.25) is 0 Å². The largest absolute Gasteiger partial charge is 0.496 e. The fraction of sp³-hybridized carbons (Fsp3) is 0.105. The number of benzene rings is 1. The minimum absolute atomic E-state index is 0.111. The summed E-state index contributed by atoms with van der Waals surface area (Å²) in [5.74, 6) is 1.08. The quantitative estimate of drug-likeness (QED) is 0.751. The van der Waals surface area contributed by atoms with Gasteiger partial charge in [-0.05, 0) is 24.3 Å². The maximum atomic E-state index is 9.57. The summed E-state index contributed by atoms with van der Waals surface area (Å²) in [5.41, 5.74) is 8.63. The molecule has 6 nitrogen and oxygen atoms in total. The number of halogens is 1. The molecule has 0 atom stereocenters. The van der Waals surface area contributed by atoms with Crippen LogP contribution in [0.25, 0.3) is 22.5 Å². The van der Waals surface area contributed by atoms with Crippen LogP contribution in [-0.4, -0.2) is 24.2 Å². The summed E-state index contributed by atoms with van der Waals surface area (Å²) in [6, 6.07) is 12.7. The van der Waals surface area contributed by atoms with Gasteiger partial charge in [-0.3, -0.25) is 4.98 Å². The van der Waals surface area contributed by atoms with Crippen molar-refractivity contribution in [3.05, 3.63) is 53.2 Å². The number of hydrogen-bond acceptors (Lipinski definition) is 6. The summed E-state index contributed by atoms with van der Waals surface area (Å²) in [5, 5.41) is 9.96. The number of nitriles is 1. The van der Waals surface area contributed by atoms with Crippen molar-refractivity contribution in [1.29, 1.82) is 5.26 Å². The van der Waals surface area contributed by atoms with Gasteiger partial charge >= 0.3 is 0 Å². The van der Waals surface area contributed by atoms with Crippen LogP contribution in [0.5, 0.6) is 11.5 Å².